The van der Waals surface area contributed by atoms with E-state index < -0.39 is 6.16 Å². The van der Waals surface area contributed by atoms with E-state index in [-0.39, 0.29) is 5.95 Å². The SMILES string of the molecule is Cc1cc(-c2ccccc2)c(OC(=O)Oc2ccccc2)o1. The molecule has 0 fully saturated rings. The Morgan fingerprint density at radius 2 is 1.55 bits per heavy atom. The number of furan rings is 1. The Morgan fingerprint density at radius 3 is 2.23 bits per heavy atom. The normalized spacial score (nSPS) is 10.2. The summed E-state index contributed by atoms with van der Waals surface area (Å²) in [5, 5.41) is 0. The van der Waals surface area contributed by atoms with Crippen molar-refractivity contribution >= 4 is 6.16 Å². The van der Waals surface area contributed by atoms with Crippen LogP contribution in [0.1, 0.15) is 5.76 Å². The highest BCUT2D eigenvalue weighted by Gasteiger charge is 2.17. The van der Waals surface area contributed by atoms with E-state index in [0.29, 0.717) is 17.1 Å². The first-order chi connectivity index (χ1) is 10.7. The maximum atomic E-state index is 11.9. The van der Waals surface area contributed by atoms with Crippen molar-refractivity contribution in [3.05, 3.63) is 72.5 Å². The molecule has 0 atom stereocenters. The highest BCUT2D eigenvalue weighted by atomic mass is 16.8. The average molecular weight is 294 g/mol. The minimum absolute atomic E-state index is 0.129. The second-order valence-corrected chi connectivity index (χ2v) is 4.69. The molecule has 2 aromatic carbocycles. The van der Waals surface area contributed by atoms with E-state index in [9.17, 15) is 4.79 Å². The molecule has 0 saturated heterocycles. The average Bonchev–Trinajstić information content (AvgIpc) is 2.89. The van der Waals surface area contributed by atoms with Gasteiger partial charge >= 0.3 is 12.1 Å². The second kappa shape index (κ2) is 6.18. The Hall–Kier alpha value is -3.01. The van der Waals surface area contributed by atoms with Gasteiger partial charge in [0.2, 0.25) is 0 Å². The monoisotopic (exact) mass is 294 g/mol. The van der Waals surface area contributed by atoms with E-state index in [1.54, 1.807) is 31.2 Å². The predicted molar refractivity (Wildman–Crippen MR) is 82.0 cm³/mol. The quantitative estimate of drug-likeness (QED) is 0.512. The van der Waals surface area contributed by atoms with Crippen LogP contribution in [0, 0.1) is 6.92 Å². The van der Waals surface area contributed by atoms with Crippen molar-refractivity contribution in [2.24, 2.45) is 0 Å². The Labute approximate surface area is 127 Å². The summed E-state index contributed by atoms with van der Waals surface area (Å²) in [4.78, 5) is 11.9. The third-order valence-electron chi connectivity index (χ3n) is 3.03. The van der Waals surface area contributed by atoms with Gasteiger partial charge in [-0.3, -0.25) is 0 Å². The van der Waals surface area contributed by atoms with Crippen molar-refractivity contribution in [3.8, 4) is 22.8 Å². The number of hydrogen-bond acceptors (Lipinski definition) is 4. The molecule has 1 aromatic heterocycles. The molecule has 0 N–H and O–H groups in total. The van der Waals surface area contributed by atoms with Crippen LogP contribution in [0.3, 0.4) is 0 Å². The molecule has 1 heterocycles. The number of aryl methyl sites for hydroxylation is 1. The van der Waals surface area contributed by atoms with Crippen LogP contribution in [-0.4, -0.2) is 6.16 Å². The molecule has 4 nitrogen and oxygen atoms in total. The molecule has 3 aromatic rings. The van der Waals surface area contributed by atoms with Gasteiger partial charge in [-0.15, -0.1) is 0 Å². The third-order valence-corrected chi connectivity index (χ3v) is 3.03. The van der Waals surface area contributed by atoms with Crippen molar-refractivity contribution in [2.45, 2.75) is 6.92 Å². The predicted octanol–water partition coefficient (Wildman–Crippen LogP) is 4.83. The first-order valence-corrected chi connectivity index (χ1v) is 6.83. The lowest BCUT2D eigenvalue weighted by Gasteiger charge is -2.05. The Kier molecular flexibility index (Phi) is 3.92. The number of hydrogen-bond donors (Lipinski definition) is 0. The number of ether oxygens (including phenoxy) is 2. The summed E-state index contributed by atoms with van der Waals surface area (Å²) in [5.41, 5.74) is 1.62. The van der Waals surface area contributed by atoms with E-state index in [0.717, 1.165) is 5.56 Å². The largest absolute Gasteiger partial charge is 0.521 e. The van der Waals surface area contributed by atoms with Crippen LogP contribution in [-0.2, 0) is 0 Å². The van der Waals surface area contributed by atoms with Crippen molar-refractivity contribution in [1.29, 1.82) is 0 Å². The van der Waals surface area contributed by atoms with Crippen LogP contribution >= 0.6 is 0 Å². The molecule has 4 heteroatoms. The Bertz CT molecular complexity index is 760. The van der Waals surface area contributed by atoms with Gasteiger partial charge in [-0.25, -0.2) is 4.79 Å². The maximum Gasteiger partial charge on any atom is 0.521 e. The van der Waals surface area contributed by atoms with Gasteiger partial charge in [0.15, 0.2) is 0 Å². The molecule has 0 aliphatic rings. The number of carbonyl (C=O) groups excluding carboxylic acids is 1. The lowest BCUT2D eigenvalue weighted by atomic mass is 10.1. The molecule has 22 heavy (non-hydrogen) atoms. The molecule has 0 radical (unpaired) electrons. The van der Waals surface area contributed by atoms with E-state index in [1.807, 2.05) is 42.5 Å². The molecule has 0 amide bonds. The van der Waals surface area contributed by atoms with E-state index >= 15 is 0 Å². The summed E-state index contributed by atoms with van der Waals surface area (Å²) in [6.07, 6.45) is -0.835. The summed E-state index contributed by atoms with van der Waals surface area (Å²) in [6, 6.07) is 20.1. The molecule has 0 spiro atoms. The fourth-order valence-electron chi connectivity index (χ4n) is 2.07. The van der Waals surface area contributed by atoms with Crippen molar-refractivity contribution in [2.75, 3.05) is 0 Å². The first-order valence-electron chi connectivity index (χ1n) is 6.83. The smallest absolute Gasteiger partial charge is 0.430 e. The van der Waals surface area contributed by atoms with Crippen molar-refractivity contribution in [1.82, 2.24) is 0 Å². The fraction of sp³-hybridized carbons (Fsp3) is 0.0556. The second-order valence-electron chi connectivity index (χ2n) is 4.69. The highest BCUT2D eigenvalue weighted by Crippen LogP contribution is 2.33. The molecule has 0 aliphatic carbocycles. The summed E-state index contributed by atoms with van der Waals surface area (Å²) in [7, 11) is 0. The highest BCUT2D eigenvalue weighted by molar-refractivity contribution is 5.73. The summed E-state index contributed by atoms with van der Waals surface area (Å²) in [5.74, 6) is 1.20. The third kappa shape index (κ3) is 3.17. The standard InChI is InChI=1S/C18H14O4/c1-13-12-16(14-8-4-2-5-9-14)17(20-13)22-18(19)21-15-10-6-3-7-11-15/h2-12H,1H3. The summed E-state index contributed by atoms with van der Waals surface area (Å²) in [6.45, 7) is 1.79. The van der Waals surface area contributed by atoms with Crippen LogP contribution < -0.4 is 9.47 Å². The number of rotatable bonds is 3. The summed E-state index contributed by atoms with van der Waals surface area (Å²) >= 11 is 0. The van der Waals surface area contributed by atoms with Crippen LogP contribution in [0.5, 0.6) is 11.7 Å². The molecule has 0 bridgehead atoms. The van der Waals surface area contributed by atoms with Gasteiger partial charge in [-0.2, -0.15) is 0 Å². The zero-order chi connectivity index (χ0) is 15.4. The molecule has 110 valence electrons. The van der Waals surface area contributed by atoms with Gasteiger partial charge in [0, 0.05) is 0 Å². The van der Waals surface area contributed by atoms with Crippen molar-refractivity contribution < 1.29 is 18.7 Å². The van der Waals surface area contributed by atoms with Gasteiger partial charge in [0.05, 0.1) is 5.56 Å². The Morgan fingerprint density at radius 1 is 0.909 bits per heavy atom. The molecule has 3 rings (SSSR count). The molecule has 0 saturated carbocycles. The summed E-state index contributed by atoms with van der Waals surface area (Å²) < 4.78 is 15.7. The Balaban J connectivity index is 1.79. The van der Waals surface area contributed by atoms with E-state index in [4.69, 9.17) is 13.9 Å². The molecule has 0 aliphatic heterocycles. The topological polar surface area (TPSA) is 48.7 Å². The van der Waals surface area contributed by atoms with Gasteiger partial charge in [0.1, 0.15) is 11.5 Å². The fourth-order valence-corrected chi connectivity index (χ4v) is 2.07. The number of benzene rings is 2. The van der Waals surface area contributed by atoms with Gasteiger partial charge in [-0.05, 0) is 30.7 Å². The van der Waals surface area contributed by atoms with Gasteiger partial charge < -0.3 is 13.9 Å². The van der Waals surface area contributed by atoms with Crippen LogP contribution in [0.4, 0.5) is 4.79 Å². The number of para-hydroxylation sites is 1. The van der Waals surface area contributed by atoms with Crippen LogP contribution in [0.15, 0.2) is 71.1 Å². The zero-order valence-electron chi connectivity index (χ0n) is 12.0. The van der Waals surface area contributed by atoms with Crippen molar-refractivity contribution in [3.63, 3.8) is 0 Å². The minimum atomic E-state index is -0.835. The molecule has 0 unspecified atom stereocenters. The lowest BCUT2D eigenvalue weighted by Crippen LogP contribution is -2.13. The molecular weight excluding hydrogens is 280 g/mol. The lowest BCUT2D eigenvalue weighted by molar-refractivity contribution is 0.140. The minimum Gasteiger partial charge on any atom is -0.430 e. The van der Waals surface area contributed by atoms with Gasteiger partial charge in [0.25, 0.3) is 0 Å². The molecular formula is C18H14O4. The van der Waals surface area contributed by atoms with Crippen LogP contribution in [0.25, 0.3) is 11.1 Å². The van der Waals surface area contributed by atoms with Crippen LogP contribution in [0.2, 0.25) is 0 Å². The van der Waals surface area contributed by atoms with E-state index in [2.05, 4.69) is 0 Å². The number of carbonyl (C=O) groups is 1. The van der Waals surface area contributed by atoms with E-state index in [1.165, 1.54) is 0 Å². The zero-order valence-corrected chi connectivity index (χ0v) is 12.0. The maximum absolute atomic E-state index is 11.9. The van der Waals surface area contributed by atoms with Gasteiger partial charge in [-0.1, -0.05) is 48.5 Å². The first kappa shape index (κ1) is 13.9.